The monoisotopic (exact) mass is 529 g/mol. The third kappa shape index (κ3) is 5.35. The molecule has 0 radical (unpaired) electrons. The number of aliphatic hydroxyl groups is 1. The fourth-order valence-corrected chi connectivity index (χ4v) is 5.41. The number of likely N-dealkylation sites (tertiary alicyclic amines) is 1. The molecule has 1 saturated heterocycles. The van der Waals surface area contributed by atoms with E-state index in [1.165, 1.54) is 12.3 Å². The number of carbonyl (C=O) groups excluding carboxylic acids is 1. The molecule has 0 saturated carbocycles. The van der Waals surface area contributed by atoms with Crippen molar-refractivity contribution in [3.63, 3.8) is 0 Å². The van der Waals surface area contributed by atoms with Crippen molar-refractivity contribution in [3.05, 3.63) is 76.1 Å². The van der Waals surface area contributed by atoms with Gasteiger partial charge >= 0.3 is 0 Å². The fourth-order valence-electron chi connectivity index (χ4n) is 5.41. The molecule has 3 aromatic rings. The second-order valence-electron chi connectivity index (χ2n) is 10.2. The number of fused-ring (bicyclic) bond motifs is 1. The van der Waals surface area contributed by atoms with Crippen LogP contribution in [0, 0.1) is 24.2 Å². The van der Waals surface area contributed by atoms with Crippen LogP contribution in [0.2, 0.25) is 0 Å². The Hall–Kier alpha value is -3.87. The van der Waals surface area contributed by atoms with Gasteiger partial charge in [-0.2, -0.15) is 9.65 Å². The molecule has 9 heteroatoms. The largest absolute Gasteiger partial charge is 0.492 e. The van der Waals surface area contributed by atoms with Gasteiger partial charge in [-0.05, 0) is 68.5 Å². The van der Waals surface area contributed by atoms with E-state index in [0.717, 1.165) is 28.8 Å². The van der Waals surface area contributed by atoms with Gasteiger partial charge in [0.15, 0.2) is 0 Å². The van der Waals surface area contributed by atoms with Crippen LogP contribution >= 0.6 is 0 Å². The molecular weight excluding hydrogens is 497 g/mol. The summed E-state index contributed by atoms with van der Waals surface area (Å²) in [6.07, 6.45) is 2.54. The summed E-state index contributed by atoms with van der Waals surface area (Å²) in [5.74, 6) is -0.164. The number of hydrogen-bond donors (Lipinski definition) is 1. The van der Waals surface area contributed by atoms with Crippen LogP contribution in [-0.2, 0) is 19.4 Å². The quantitative estimate of drug-likeness (QED) is 0.444. The van der Waals surface area contributed by atoms with Crippen molar-refractivity contribution in [1.82, 2.24) is 19.8 Å². The molecule has 5 rings (SSSR count). The van der Waals surface area contributed by atoms with Gasteiger partial charge < -0.3 is 14.7 Å². The lowest BCUT2D eigenvalue weighted by atomic mass is 9.87. The molecule has 39 heavy (non-hydrogen) atoms. The summed E-state index contributed by atoms with van der Waals surface area (Å²) >= 11 is 0. The van der Waals surface area contributed by atoms with E-state index in [-0.39, 0.29) is 18.1 Å². The number of nitriles is 1. The van der Waals surface area contributed by atoms with Gasteiger partial charge in [-0.15, -0.1) is 0 Å². The maximum Gasteiger partial charge on any atom is 0.254 e. The number of halogens is 1. The van der Waals surface area contributed by atoms with Crippen LogP contribution in [-0.4, -0.2) is 69.2 Å². The van der Waals surface area contributed by atoms with Crippen molar-refractivity contribution in [2.45, 2.75) is 52.3 Å². The molecule has 0 aliphatic carbocycles. The predicted molar refractivity (Wildman–Crippen MR) is 144 cm³/mol. The summed E-state index contributed by atoms with van der Waals surface area (Å²) in [6, 6.07) is 11.1. The van der Waals surface area contributed by atoms with Crippen molar-refractivity contribution in [3.8, 4) is 22.9 Å². The summed E-state index contributed by atoms with van der Waals surface area (Å²) in [4.78, 5) is 26.2. The molecule has 0 spiro atoms. The number of aryl methyl sites for hydroxylation is 1. The highest BCUT2D eigenvalue weighted by atomic mass is 19.1. The molecule has 0 bridgehead atoms. The maximum atomic E-state index is 13.8. The highest BCUT2D eigenvalue weighted by Gasteiger charge is 2.33. The lowest BCUT2D eigenvalue weighted by Gasteiger charge is -2.43. The Bertz CT molecular complexity index is 1450. The lowest BCUT2D eigenvalue weighted by Crippen LogP contribution is -2.58. The molecule has 1 amide bonds. The van der Waals surface area contributed by atoms with E-state index in [9.17, 15) is 19.6 Å². The number of β-amino-alcohol motifs (C(OH)–C–C–N with tert-alkyl or cyclic N) is 1. The smallest absolute Gasteiger partial charge is 0.254 e. The van der Waals surface area contributed by atoms with E-state index in [2.05, 4.69) is 27.0 Å². The molecular formula is C30H32FN5O3. The first-order chi connectivity index (χ1) is 18.8. The van der Waals surface area contributed by atoms with Crippen LogP contribution in [0.5, 0.6) is 5.75 Å². The Labute approximate surface area is 227 Å². The zero-order valence-corrected chi connectivity index (χ0v) is 22.4. The summed E-state index contributed by atoms with van der Waals surface area (Å²) in [6.45, 7) is 8.28. The standard InChI is InChI=1S/C30H32FN5O3/c1-4-39-28-13-22(33-15-21(28)14-32)16-36-10-8-24-25(23-5-6-29(31)34-18(23)2)11-20(12-26(24)30(36)38)7-9-35-17-27(37)19(35)3/h5-6,11-13,15,19,27,37H,4,7-10,16-17H2,1-3H3/t19-,27?/m1/s1. The van der Waals surface area contributed by atoms with Crippen LogP contribution in [0.15, 0.2) is 36.5 Å². The van der Waals surface area contributed by atoms with E-state index < -0.39 is 5.95 Å². The Morgan fingerprint density at radius 3 is 2.72 bits per heavy atom. The minimum atomic E-state index is -0.532. The molecule has 1 N–H and O–H groups in total. The summed E-state index contributed by atoms with van der Waals surface area (Å²) in [5, 5.41) is 19.2. The van der Waals surface area contributed by atoms with Gasteiger partial charge in [0, 0.05) is 54.8 Å². The predicted octanol–water partition coefficient (Wildman–Crippen LogP) is 3.67. The van der Waals surface area contributed by atoms with Crippen molar-refractivity contribution >= 4 is 5.91 Å². The number of ether oxygens (including phenoxy) is 1. The molecule has 4 heterocycles. The number of aromatic nitrogens is 2. The van der Waals surface area contributed by atoms with Gasteiger partial charge in [0.1, 0.15) is 17.4 Å². The topological polar surface area (TPSA) is 103 Å². The highest BCUT2D eigenvalue weighted by molar-refractivity contribution is 5.99. The third-order valence-corrected chi connectivity index (χ3v) is 7.74. The normalized spacial score (nSPS) is 18.9. The van der Waals surface area contributed by atoms with E-state index in [1.54, 1.807) is 24.0 Å². The number of rotatable bonds is 8. The van der Waals surface area contributed by atoms with Crippen molar-refractivity contribution in [2.24, 2.45) is 0 Å². The van der Waals surface area contributed by atoms with E-state index >= 15 is 0 Å². The number of nitrogens with zero attached hydrogens (tertiary/aromatic N) is 5. The Kier molecular flexibility index (Phi) is 7.60. The number of carbonyl (C=O) groups is 1. The molecule has 2 aliphatic heterocycles. The minimum absolute atomic E-state index is 0.0936. The molecule has 1 aromatic carbocycles. The van der Waals surface area contributed by atoms with E-state index in [0.29, 0.717) is 67.3 Å². The van der Waals surface area contributed by atoms with Crippen molar-refractivity contribution in [2.75, 3.05) is 26.2 Å². The van der Waals surface area contributed by atoms with E-state index in [4.69, 9.17) is 4.74 Å². The zero-order valence-electron chi connectivity index (χ0n) is 22.4. The first kappa shape index (κ1) is 26.7. The second-order valence-corrected chi connectivity index (χ2v) is 10.2. The number of hydrogen-bond acceptors (Lipinski definition) is 7. The first-order valence-electron chi connectivity index (χ1n) is 13.3. The van der Waals surface area contributed by atoms with Gasteiger partial charge in [-0.3, -0.25) is 14.7 Å². The molecule has 8 nitrogen and oxygen atoms in total. The summed E-state index contributed by atoms with van der Waals surface area (Å²) in [5.41, 5.74) is 5.89. The zero-order chi connectivity index (χ0) is 27.7. The number of pyridine rings is 2. The van der Waals surface area contributed by atoms with Gasteiger partial charge in [-0.25, -0.2) is 4.98 Å². The number of aliphatic hydroxyl groups excluding tert-OH is 1. The van der Waals surface area contributed by atoms with Crippen LogP contribution in [0.1, 0.15) is 52.3 Å². The fraction of sp³-hybridized carbons (Fsp3) is 0.400. The van der Waals surface area contributed by atoms with Crippen LogP contribution in [0.25, 0.3) is 11.1 Å². The van der Waals surface area contributed by atoms with Gasteiger partial charge in [-0.1, -0.05) is 6.07 Å². The molecule has 2 aliphatic rings. The van der Waals surface area contributed by atoms with Crippen LogP contribution in [0.3, 0.4) is 0 Å². The third-order valence-electron chi connectivity index (χ3n) is 7.74. The first-order valence-corrected chi connectivity index (χ1v) is 13.3. The Morgan fingerprint density at radius 1 is 1.23 bits per heavy atom. The summed E-state index contributed by atoms with van der Waals surface area (Å²) < 4.78 is 19.4. The average molecular weight is 530 g/mol. The number of benzene rings is 1. The SMILES string of the molecule is CCOc1cc(CN2CCc3c(cc(CCN4CC(O)[C@H]4C)cc3-c3ccc(F)nc3C)C2=O)ncc1C#N. The molecule has 1 unspecified atom stereocenters. The van der Waals surface area contributed by atoms with Gasteiger partial charge in [0.2, 0.25) is 5.95 Å². The average Bonchev–Trinajstić information content (AvgIpc) is 2.92. The second kappa shape index (κ2) is 11.1. The molecule has 2 atom stereocenters. The highest BCUT2D eigenvalue weighted by Crippen LogP contribution is 2.34. The molecule has 2 aromatic heterocycles. The van der Waals surface area contributed by atoms with Crippen molar-refractivity contribution < 1.29 is 19.0 Å². The van der Waals surface area contributed by atoms with Gasteiger partial charge in [0.05, 0.1) is 24.9 Å². The van der Waals surface area contributed by atoms with Crippen molar-refractivity contribution in [1.29, 1.82) is 5.26 Å². The molecule has 1 fully saturated rings. The van der Waals surface area contributed by atoms with Gasteiger partial charge in [0.25, 0.3) is 5.91 Å². The Morgan fingerprint density at radius 2 is 2.03 bits per heavy atom. The number of amides is 1. The van der Waals surface area contributed by atoms with Crippen LogP contribution in [0.4, 0.5) is 4.39 Å². The lowest BCUT2D eigenvalue weighted by molar-refractivity contribution is -0.0510. The maximum absolute atomic E-state index is 13.8. The molecule has 202 valence electrons. The van der Waals surface area contributed by atoms with Crippen LogP contribution < -0.4 is 4.74 Å². The summed E-state index contributed by atoms with van der Waals surface area (Å²) in [7, 11) is 0. The van der Waals surface area contributed by atoms with E-state index in [1.807, 2.05) is 19.9 Å². The Balaban J connectivity index is 1.47. The minimum Gasteiger partial charge on any atom is -0.492 e.